The molecule has 0 bridgehead atoms. The molecule has 2 heterocycles. The van der Waals surface area contributed by atoms with Gasteiger partial charge < -0.3 is 10.1 Å². The van der Waals surface area contributed by atoms with Gasteiger partial charge in [-0.2, -0.15) is 0 Å². The Morgan fingerprint density at radius 3 is 2.74 bits per heavy atom. The standard InChI is InChI=1S/C19H16F2N4O2/c1-11-2-7-14(8-15(11)21)22-19(26)18-16-10-27-17(9-25(16)24-23-18)12-3-5-13(20)6-4-12/h2-8,17H,9-10H2,1H3,(H,22,26)/t17-/m1/s1. The summed E-state index contributed by atoms with van der Waals surface area (Å²) in [4.78, 5) is 12.5. The van der Waals surface area contributed by atoms with E-state index < -0.39 is 11.7 Å². The number of rotatable bonds is 3. The summed E-state index contributed by atoms with van der Waals surface area (Å²) < 4.78 is 34.1. The van der Waals surface area contributed by atoms with Crippen molar-refractivity contribution in [2.45, 2.75) is 26.2 Å². The molecule has 1 amide bonds. The molecule has 1 aliphatic heterocycles. The molecule has 0 unspecified atom stereocenters. The topological polar surface area (TPSA) is 69.0 Å². The molecule has 0 radical (unpaired) electrons. The molecule has 0 aliphatic carbocycles. The lowest BCUT2D eigenvalue weighted by Gasteiger charge is -2.24. The van der Waals surface area contributed by atoms with Gasteiger partial charge in [0.15, 0.2) is 5.69 Å². The summed E-state index contributed by atoms with van der Waals surface area (Å²) in [6.45, 7) is 2.14. The lowest BCUT2D eigenvalue weighted by molar-refractivity contribution is -0.00174. The van der Waals surface area contributed by atoms with E-state index in [2.05, 4.69) is 15.6 Å². The van der Waals surface area contributed by atoms with Crippen LogP contribution in [0, 0.1) is 18.6 Å². The van der Waals surface area contributed by atoms with Crippen molar-refractivity contribution in [3.8, 4) is 0 Å². The van der Waals surface area contributed by atoms with E-state index in [1.165, 1.54) is 18.2 Å². The molecule has 27 heavy (non-hydrogen) atoms. The maximum absolute atomic E-state index is 13.6. The Bertz CT molecular complexity index is 1000. The normalized spacial score (nSPS) is 16.0. The van der Waals surface area contributed by atoms with Crippen LogP contribution in [0.25, 0.3) is 0 Å². The predicted molar refractivity (Wildman–Crippen MR) is 93.0 cm³/mol. The number of nitrogens with zero attached hydrogens (tertiary/aromatic N) is 3. The first-order valence-electron chi connectivity index (χ1n) is 8.38. The van der Waals surface area contributed by atoms with Crippen molar-refractivity contribution in [3.63, 3.8) is 0 Å². The third kappa shape index (κ3) is 3.43. The number of aromatic nitrogens is 3. The Morgan fingerprint density at radius 2 is 2.00 bits per heavy atom. The highest BCUT2D eigenvalue weighted by Crippen LogP contribution is 2.27. The minimum Gasteiger partial charge on any atom is -0.365 e. The second-order valence-electron chi connectivity index (χ2n) is 6.34. The Hall–Kier alpha value is -3.13. The van der Waals surface area contributed by atoms with Crippen molar-refractivity contribution in [2.75, 3.05) is 5.32 Å². The number of fused-ring (bicyclic) bond motifs is 1. The van der Waals surface area contributed by atoms with Gasteiger partial charge in [0.2, 0.25) is 0 Å². The van der Waals surface area contributed by atoms with Gasteiger partial charge in [-0.1, -0.05) is 23.4 Å². The van der Waals surface area contributed by atoms with Gasteiger partial charge >= 0.3 is 0 Å². The average Bonchev–Trinajstić information content (AvgIpc) is 3.08. The first-order chi connectivity index (χ1) is 13.0. The average molecular weight is 370 g/mol. The second kappa shape index (κ2) is 6.88. The molecule has 3 aromatic rings. The van der Waals surface area contributed by atoms with Gasteiger partial charge in [-0.05, 0) is 42.3 Å². The SMILES string of the molecule is Cc1ccc(NC(=O)c2nnn3c2CO[C@@H](c2ccc(F)cc2)C3)cc1F. The van der Waals surface area contributed by atoms with Gasteiger partial charge in [0.1, 0.15) is 17.7 Å². The van der Waals surface area contributed by atoms with Gasteiger partial charge in [-0.15, -0.1) is 5.10 Å². The first-order valence-corrected chi connectivity index (χ1v) is 8.38. The number of amides is 1. The van der Waals surface area contributed by atoms with Gasteiger partial charge in [0, 0.05) is 5.69 Å². The molecule has 1 aliphatic rings. The summed E-state index contributed by atoms with van der Waals surface area (Å²) in [6.07, 6.45) is -0.304. The summed E-state index contributed by atoms with van der Waals surface area (Å²) in [5.41, 5.74) is 2.32. The van der Waals surface area contributed by atoms with Crippen molar-refractivity contribution < 1.29 is 18.3 Å². The number of nitrogens with one attached hydrogen (secondary N) is 1. The number of anilines is 1. The number of carbonyl (C=O) groups excluding carboxylic acids is 1. The highest BCUT2D eigenvalue weighted by atomic mass is 19.1. The van der Waals surface area contributed by atoms with Crippen LogP contribution in [0.3, 0.4) is 0 Å². The Balaban J connectivity index is 1.51. The van der Waals surface area contributed by atoms with Gasteiger partial charge in [0.25, 0.3) is 5.91 Å². The van der Waals surface area contributed by atoms with Crippen LogP contribution in [0.1, 0.15) is 33.4 Å². The van der Waals surface area contributed by atoms with E-state index in [1.54, 1.807) is 35.9 Å². The van der Waals surface area contributed by atoms with E-state index >= 15 is 0 Å². The largest absolute Gasteiger partial charge is 0.365 e. The van der Waals surface area contributed by atoms with Gasteiger partial charge in [-0.3, -0.25) is 4.79 Å². The van der Waals surface area contributed by atoms with Crippen LogP contribution < -0.4 is 5.32 Å². The van der Waals surface area contributed by atoms with E-state index in [1.807, 2.05) is 0 Å². The highest BCUT2D eigenvalue weighted by molar-refractivity contribution is 6.03. The molecule has 1 atom stereocenters. The summed E-state index contributed by atoms with van der Waals surface area (Å²) in [5, 5.41) is 10.6. The van der Waals surface area contributed by atoms with E-state index in [9.17, 15) is 13.6 Å². The summed E-state index contributed by atoms with van der Waals surface area (Å²) in [7, 11) is 0. The maximum Gasteiger partial charge on any atom is 0.278 e. The van der Waals surface area contributed by atoms with Crippen LogP contribution in [-0.2, 0) is 17.9 Å². The molecule has 138 valence electrons. The number of hydrogen-bond acceptors (Lipinski definition) is 4. The number of hydrogen-bond donors (Lipinski definition) is 1. The van der Waals surface area contributed by atoms with Crippen LogP contribution in [0.2, 0.25) is 0 Å². The number of benzene rings is 2. The zero-order valence-corrected chi connectivity index (χ0v) is 14.4. The molecule has 2 aromatic carbocycles. The zero-order chi connectivity index (χ0) is 19.0. The zero-order valence-electron chi connectivity index (χ0n) is 14.4. The van der Waals surface area contributed by atoms with Crippen molar-refractivity contribution >= 4 is 11.6 Å². The molecule has 1 N–H and O–H groups in total. The Morgan fingerprint density at radius 1 is 1.22 bits per heavy atom. The Kier molecular flexibility index (Phi) is 4.41. The fraction of sp³-hybridized carbons (Fsp3) is 0.211. The van der Waals surface area contributed by atoms with E-state index in [0.717, 1.165) is 5.56 Å². The minimum atomic E-state index is -0.483. The highest BCUT2D eigenvalue weighted by Gasteiger charge is 2.27. The number of ether oxygens (including phenoxy) is 1. The molecule has 6 nitrogen and oxygen atoms in total. The quantitative estimate of drug-likeness (QED) is 0.767. The van der Waals surface area contributed by atoms with Crippen LogP contribution in [0.5, 0.6) is 0 Å². The number of halogens is 2. The van der Waals surface area contributed by atoms with Crippen LogP contribution >= 0.6 is 0 Å². The second-order valence-corrected chi connectivity index (χ2v) is 6.34. The van der Waals surface area contributed by atoms with Gasteiger partial charge in [-0.25, -0.2) is 13.5 Å². The van der Waals surface area contributed by atoms with Crippen molar-refractivity contribution in [2.24, 2.45) is 0 Å². The lowest BCUT2D eigenvalue weighted by Crippen LogP contribution is -2.24. The molecule has 4 rings (SSSR count). The van der Waals surface area contributed by atoms with Crippen molar-refractivity contribution in [3.05, 3.63) is 76.6 Å². The Labute approximate surface area is 153 Å². The smallest absolute Gasteiger partial charge is 0.278 e. The van der Waals surface area contributed by atoms with E-state index in [4.69, 9.17) is 4.74 Å². The molecular weight excluding hydrogens is 354 g/mol. The van der Waals surface area contributed by atoms with E-state index in [-0.39, 0.29) is 24.2 Å². The summed E-state index contributed by atoms with van der Waals surface area (Å²) in [5.74, 6) is -1.20. The van der Waals surface area contributed by atoms with Crippen LogP contribution in [-0.4, -0.2) is 20.9 Å². The van der Waals surface area contributed by atoms with Crippen molar-refractivity contribution in [1.29, 1.82) is 0 Å². The number of carbonyl (C=O) groups is 1. The van der Waals surface area contributed by atoms with E-state index in [0.29, 0.717) is 23.5 Å². The van der Waals surface area contributed by atoms with Crippen LogP contribution in [0.4, 0.5) is 14.5 Å². The van der Waals surface area contributed by atoms with Gasteiger partial charge in [0.05, 0.1) is 18.8 Å². The molecule has 0 saturated heterocycles. The molecular formula is C19H16F2N4O2. The van der Waals surface area contributed by atoms with Crippen LogP contribution in [0.15, 0.2) is 42.5 Å². The molecule has 1 aromatic heterocycles. The third-order valence-electron chi connectivity index (χ3n) is 4.48. The maximum atomic E-state index is 13.6. The molecule has 0 spiro atoms. The monoisotopic (exact) mass is 370 g/mol. The molecule has 0 saturated carbocycles. The molecule has 8 heteroatoms. The third-order valence-corrected chi connectivity index (χ3v) is 4.48. The predicted octanol–water partition coefficient (Wildman–Crippen LogP) is 3.39. The fourth-order valence-electron chi connectivity index (χ4n) is 2.93. The summed E-state index contributed by atoms with van der Waals surface area (Å²) >= 11 is 0. The fourth-order valence-corrected chi connectivity index (χ4v) is 2.93. The van der Waals surface area contributed by atoms with Crippen molar-refractivity contribution in [1.82, 2.24) is 15.0 Å². The summed E-state index contributed by atoms with van der Waals surface area (Å²) in [6, 6.07) is 10.5. The molecule has 0 fully saturated rings. The lowest BCUT2D eigenvalue weighted by atomic mass is 10.1. The number of aryl methyl sites for hydroxylation is 1. The first kappa shape index (κ1) is 17.3. The minimum absolute atomic E-state index is 0.133.